The third-order valence-electron chi connectivity index (χ3n) is 4.95. The molecule has 2 N–H and O–H groups in total. The van der Waals surface area contributed by atoms with E-state index in [9.17, 15) is 9.59 Å². The number of nitrogens with one attached hydrogen (secondary N) is 2. The van der Waals surface area contributed by atoms with Crippen molar-refractivity contribution in [2.75, 3.05) is 13.1 Å². The average Bonchev–Trinajstić information content (AvgIpc) is 2.69. The average molecular weight is 444 g/mol. The Balaban J connectivity index is 1.49. The van der Waals surface area contributed by atoms with E-state index in [1.807, 2.05) is 30.3 Å². The fourth-order valence-corrected chi connectivity index (χ4v) is 3.70. The van der Waals surface area contributed by atoms with Gasteiger partial charge in [0.25, 0.3) is 5.91 Å². The van der Waals surface area contributed by atoms with Crippen LogP contribution in [0.4, 0.5) is 0 Å². The third-order valence-corrected chi connectivity index (χ3v) is 5.48. The Bertz CT molecular complexity index is 795. The minimum absolute atomic E-state index is 0.108. The molecule has 1 saturated heterocycles. The van der Waals surface area contributed by atoms with Crippen LogP contribution in [0.1, 0.15) is 35.7 Å². The lowest BCUT2D eigenvalue weighted by molar-refractivity contribution is -0.123. The largest absolute Gasteiger partial charge is 0.350 e. The monoisotopic (exact) mass is 443 g/mol. The SMILES string of the molecule is C[C@@H](NC(=O)c1ccc(Br)cc1)C(=O)N[C@@H]1CCCN(Cc2ccccc2)C1. The lowest BCUT2D eigenvalue weighted by atomic mass is 10.0. The summed E-state index contributed by atoms with van der Waals surface area (Å²) in [5.41, 5.74) is 1.82. The van der Waals surface area contributed by atoms with E-state index in [-0.39, 0.29) is 17.9 Å². The molecule has 1 aliphatic heterocycles. The molecule has 2 aromatic rings. The maximum Gasteiger partial charge on any atom is 0.251 e. The highest BCUT2D eigenvalue weighted by molar-refractivity contribution is 9.10. The highest BCUT2D eigenvalue weighted by atomic mass is 79.9. The van der Waals surface area contributed by atoms with E-state index in [4.69, 9.17) is 0 Å². The standard InChI is InChI=1S/C22H26BrN3O2/c1-16(24-22(28)18-9-11-19(23)12-10-18)21(27)25-20-8-5-13-26(15-20)14-17-6-3-2-4-7-17/h2-4,6-7,9-12,16,20H,5,8,13-15H2,1H3,(H,24,28)(H,25,27)/t16-,20-/m1/s1. The van der Waals surface area contributed by atoms with Gasteiger partial charge in [-0.05, 0) is 56.1 Å². The molecular weight excluding hydrogens is 418 g/mol. The Morgan fingerprint density at radius 1 is 1.14 bits per heavy atom. The second kappa shape index (κ2) is 9.85. The summed E-state index contributed by atoms with van der Waals surface area (Å²) < 4.78 is 0.909. The van der Waals surface area contributed by atoms with Crippen molar-refractivity contribution in [1.82, 2.24) is 15.5 Å². The van der Waals surface area contributed by atoms with Gasteiger partial charge in [-0.25, -0.2) is 0 Å². The van der Waals surface area contributed by atoms with Crippen molar-refractivity contribution in [2.45, 2.75) is 38.4 Å². The number of benzene rings is 2. The minimum atomic E-state index is -0.583. The molecule has 2 atom stereocenters. The molecule has 0 bridgehead atoms. The number of rotatable bonds is 6. The molecule has 0 aliphatic carbocycles. The first-order chi connectivity index (χ1) is 13.5. The maximum atomic E-state index is 12.5. The summed E-state index contributed by atoms with van der Waals surface area (Å²) >= 11 is 3.35. The number of carbonyl (C=O) groups is 2. The molecule has 1 fully saturated rings. The number of hydrogen-bond acceptors (Lipinski definition) is 3. The molecule has 1 heterocycles. The number of likely N-dealkylation sites (tertiary alicyclic amines) is 1. The van der Waals surface area contributed by atoms with E-state index in [2.05, 4.69) is 43.6 Å². The van der Waals surface area contributed by atoms with Gasteiger partial charge < -0.3 is 10.6 Å². The normalized spacial score (nSPS) is 18.3. The summed E-state index contributed by atoms with van der Waals surface area (Å²) in [5, 5.41) is 5.87. The van der Waals surface area contributed by atoms with E-state index in [1.165, 1.54) is 5.56 Å². The molecule has 2 aromatic carbocycles. The molecule has 2 amide bonds. The summed E-state index contributed by atoms with van der Waals surface area (Å²) in [6.45, 7) is 4.48. The summed E-state index contributed by atoms with van der Waals surface area (Å²) in [5.74, 6) is -0.387. The zero-order valence-corrected chi connectivity index (χ0v) is 17.6. The van der Waals surface area contributed by atoms with Crippen molar-refractivity contribution >= 4 is 27.7 Å². The van der Waals surface area contributed by atoms with E-state index < -0.39 is 6.04 Å². The molecule has 0 aromatic heterocycles. The molecule has 5 nitrogen and oxygen atoms in total. The van der Waals surface area contributed by atoms with Gasteiger partial charge in [-0.3, -0.25) is 14.5 Å². The Labute approximate surface area is 174 Å². The quantitative estimate of drug-likeness (QED) is 0.719. The second-order valence-corrected chi connectivity index (χ2v) is 8.19. The third kappa shape index (κ3) is 5.91. The number of nitrogens with zero attached hydrogens (tertiary/aromatic N) is 1. The van der Waals surface area contributed by atoms with Crippen LogP contribution in [0.5, 0.6) is 0 Å². The first-order valence-corrected chi connectivity index (χ1v) is 10.4. The number of piperidine rings is 1. The van der Waals surface area contributed by atoms with Gasteiger partial charge >= 0.3 is 0 Å². The molecule has 28 heavy (non-hydrogen) atoms. The smallest absolute Gasteiger partial charge is 0.251 e. The molecule has 0 radical (unpaired) electrons. The molecule has 6 heteroatoms. The van der Waals surface area contributed by atoms with Crippen LogP contribution >= 0.6 is 15.9 Å². The van der Waals surface area contributed by atoms with Crippen LogP contribution in [0, 0.1) is 0 Å². The van der Waals surface area contributed by atoms with Gasteiger partial charge in [-0.2, -0.15) is 0 Å². The predicted molar refractivity (Wildman–Crippen MR) is 114 cm³/mol. The van der Waals surface area contributed by atoms with Crippen molar-refractivity contribution < 1.29 is 9.59 Å². The number of carbonyl (C=O) groups excluding carboxylic acids is 2. The number of halogens is 1. The zero-order chi connectivity index (χ0) is 19.9. The predicted octanol–water partition coefficient (Wildman–Crippen LogP) is 3.35. The molecular formula is C22H26BrN3O2. The van der Waals surface area contributed by atoms with Crippen LogP contribution in [0.15, 0.2) is 59.1 Å². The minimum Gasteiger partial charge on any atom is -0.350 e. The summed E-state index contributed by atoms with van der Waals surface area (Å²) in [4.78, 5) is 27.2. The van der Waals surface area contributed by atoms with Gasteiger partial charge in [0.1, 0.15) is 6.04 Å². The van der Waals surface area contributed by atoms with Crippen molar-refractivity contribution in [3.8, 4) is 0 Å². The lowest BCUT2D eigenvalue weighted by Crippen LogP contribution is -2.52. The topological polar surface area (TPSA) is 61.4 Å². The zero-order valence-electron chi connectivity index (χ0n) is 16.0. The maximum absolute atomic E-state index is 12.5. The van der Waals surface area contributed by atoms with Crippen LogP contribution in [0.2, 0.25) is 0 Å². The molecule has 0 saturated carbocycles. The fourth-order valence-electron chi connectivity index (χ4n) is 3.43. The lowest BCUT2D eigenvalue weighted by Gasteiger charge is -2.33. The number of amides is 2. The first kappa shape index (κ1) is 20.6. The van der Waals surface area contributed by atoms with Crippen LogP contribution in [-0.4, -0.2) is 41.9 Å². The molecule has 0 spiro atoms. The van der Waals surface area contributed by atoms with Gasteiger partial charge in [0.15, 0.2) is 0 Å². The van der Waals surface area contributed by atoms with Gasteiger partial charge in [0.2, 0.25) is 5.91 Å². The Kier molecular flexibility index (Phi) is 7.23. The number of hydrogen-bond donors (Lipinski definition) is 2. The highest BCUT2D eigenvalue weighted by Gasteiger charge is 2.24. The first-order valence-electron chi connectivity index (χ1n) is 9.64. The Hall–Kier alpha value is -2.18. The van der Waals surface area contributed by atoms with Gasteiger partial charge in [0, 0.05) is 29.2 Å². The van der Waals surface area contributed by atoms with Gasteiger partial charge in [-0.1, -0.05) is 46.3 Å². The molecule has 0 unspecified atom stereocenters. The second-order valence-electron chi connectivity index (χ2n) is 7.27. The van der Waals surface area contributed by atoms with E-state index >= 15 is 0 Å². The van der Waals surface area contributed by atoms with Crippen LogP contribution < -0.4 is 10.6 Å². The summed E-state index contributed by atoms with van der Waals surface area (Å²) in [6.07, 6.45) is 2.02. The molecule has 1 aliphatic rings. The van der Waals surface area contributed by atoms with Crippen molar-refractivity contribution in [1.29, 1.82) is 0 Å². The fraction of sp³-hybridized carbons (Fsp3) is 0.364. The summed E-state index contributed by atoms with van der Waals surface area (Å²) in [6, 6.07) is 17.0. The Morgan fingerprint density at radius 2 is 1.86 bits per heavy atom. The van der Waals surface area contributed by atoms with E-state index in [0.29, 0.717) is 5.56 Å². The van der Waals surface area contributed by atoms with Crippen molar-refractivity contribution in [2.24, 2.45) is 0 Å². The molecule has 3 rings (SSSR count). The van der Waals surface area contributed by atoms with Crippen LogP contribution in [0.3, 0.4) is 0 Å². The van der Waals surface area contributed by atoms with E-state index in [0.717, 1.165) is 36.9 Å². The van der Waals surface area contributed by atoms with Gasteiger partial charge in [-0.15, -0.1) is 0 Å². The van der Waals surface area contributed by atoms with Crippen LogP contribution in [-0.2, 0) is 11.3 Å². The summed E-state index contributed by atoms with van der Waals surface area (Å²) in [7, 11) is 0. The van der Waals surface area contributed by atoms with Gasteiger partial charge in [0.05, 0.1) is 0 Å². The van der Waals surface area contributed by atoms with Crippen molar-refractivity contribution in [3.63, 3.8) is 0 Å². The van der Waals surface area contributed by atoms with E-state index in [1.54, 1.807) is 19.1 Å². The van der Waals surface area contributed by atoms with Crippen molar-refractivity contribution in [3.05, 3.63) is 70.2 Å². The highest BCUT2D eigenvalue weighted by Crippen LogP contribution is 2.14. The van der Waals surface area contributed by atoms with Crippen LogP contribution in [0.25, 0.3) is 0 Å². The Morgan fingerprint density at radius 3 is 2.57 bits per heavy atom. The molecule has 148 valence electrons.